The van der Waals surface area contributed by atoms with Crippen molar-refractivity contribution in [2.75, 3.05) is 0 Å². The summed E-state index contributed by atoms with van der Waals surface area (Å²) in [5.74, 6) is -0.950. The summed E-state index contributed by atoms with van der Waals surface area (Å²) in [6.07, 6.45) is 1.47. The van der Waals surface area contributed by atoms with Crippen LogP contribution < -0.4 is 0 Å². The van der Waals surface area contributed by atoms with E-state index in [4.69, 9.17) is 11.6 Å². The zero-order valence-corrected chi connectivity index (χ0v) is 13.2. The van der Waals surface area contributed by atoms with Gasteiger partial charge in [-0.05, 0) is 30.7 Å². The monoisotopic (exact) mass is 353 g/mol. The summed E-state index contributed by atoms with van der Waals surface area (Å²) in [4.78, 5) is 15.6. The van der Waals surface area contributed by atoms with Gasteiger partial charge in [-0.25, -0.2) is 4.79 Å². The molecule has 1 aromatic carbocycles. The van der Waals surface area contributed by atoms with E-state index in [1.807, 2.05) is 19.1 Å². The van der Waals surface area contributed by atoms with Gasteiger partial charge >= 0.3 is 5.97 Å². The van der Waals surface area contributed by atoms with E-state index in [1.54, 1.807) is 18.2 Å². The number of aromatic carboxylic acids is 1. The van der Waals surface area contributed by atoms with Crippen molar-refractivity contribution in [3.8, 4) is 11.3 Å². The Balaban J connectivity index is 2.52. The lowest BCUT2D eigenvalue weighted by Gasteiger charge is -2.09. The van der Waals surface area contributed by atoms with Crippen molar-refractivity contribution < 1.29 is 9.90 Å². The van der Waals surface area contributed by atoms with Crippen LogP contribution in [-0.4, -0.2) is 16.1 Å². The van der Waals surface area contributed by atoms with Gasteiger partial charge in [-0.1, -0.05) is 46.9 Å². The fourth-order valence-electron chi connectivity index (χ4n) is 1.97. The Morgan fingerprint density at radius 3 is 2.70 bits per heavy atom. The van der Waals surface area contributed by atoms with Gasteiger partial charge < -0.3 is 5.11 Å². The predicted molar refractivity (Wildman–Crippen MR) is 83.3 cm³/mol. The topological polar surface area (TPSA) is 50.2 Å². The highest BCUT2D eigenvalue weighted by molar-refractivity contribution is 9.10. The average Bonchev–Trinajstić information content (AvgIpc) is 2.38. The number of hydrogen-bond donors (Lipinski definition) is 1. The van der Waals surface area contributed by atoms with E-state index in [0.717, 1.165) is 16.5 Å². The molecule has 0 aliphatic carbocycles. The minimum Gasteiger partial charge on any atom is -0.478 e. The van der Waals surface area contributed by atoms with Gasteiger partial charge in [-0.15, -0.1) is 0 Å². The largest absolute Gasteiger partial charge is 0.478 e. The quantitative estimate of drug-likeness (QED) is 0.856. The zero-order valence-electron chi connectivity index (χ0n) is 10.9. The van der Waals surface area contributed by atoms with Crippen LogP contribution in [0.3, 0.4) is 0 Å². The van der Waals surface area contributed by atoms with Crippen LogP contribution in [0, 0.1) is 0 Å². The molecule has 0 aliphatic rings. The molecule has 1 aromatic heterocycles. The number of pyridine rings is 1. The van der Waals surface area contributed by atoms with Gasteiger partial charge in [0.25, 0.3) is 0 Å². The number of aryl methyl sites for hydroxylation is 1. The second-order valence-electron chi connectivity index (χ2n) is 4.37. The second kappa shape index (κ2) is 6.37. The molecule has 2 rings (SSSR count). The Hall–Kier alpha value is -1.39. The highest BCUT2D eigenvalue weighted by atomic mass is 79.9. The molecule has 0 amide bonds. The van der Waals surface area contributed by atoms with Gasteiger partial charge in [0.1, 0.15) is 0 Å². The molecule has 0 saturated heterocycles. The normalized spacial score (nSPS) is 10.6. The second-order valence-corrected chi connectivity index (χ2v) is 5.69. The van der Waals surface area contributed by atoms with Crippen molar-refractivity contribution >= 4 is 33.5 Å². The number of benzene rings is 1. The maximum Gasteiger partial charge on any atom is 0.337 e. The summed E-state index contributed by atoms with van der Waals surface area (Å²) in [7, 11) is 0. The summed E-state index contributed by atoms with van der Waals surface area (Å²) in [6.45, 7) is 1.99. The van der Waals surface area contributed by atoms with Crippen LogP contribution in [0.4, 0.5) is 0 Å². The highest BCUT2D eigenvalue weighted by Gasteiger charge is 2.13. The lowest BCUT2D eigenvalue weighted by molar-refractivity contribution is 0.0695. The minimum atomic E-state index is -0.950. The molecule has 3 nitrogen and oxygen atoms in total. The highest BCUT2D eigenvalue weighted by Crippen LogP contribution is 2.30. The zero-order chi connectivity index (χ0) is 14.7. The Bertz CT molecular complexity index is 658. The lowest BCUT2D eigenvalue weighted by Crippen LogP contribution is -2.05. The third kappa shape index (κ3) is 3.19. The molecule has 0 saturated carbocycles. The number of carboxylic acids is 1. The molecule has 0 fully saturated rings. The standard InChI is InChI=1S/C15H13BrClNO2/c1-2-3-13-11(15(19)20)6-7-14(18-13)10-5-4-9(16)8-12(10)17/h4-8H,2-3H2,1H3,(H,19,20). The fourth-order valence-corrected chi connectivity index (χ4v) is 2.74. The van der Waals surface area contributed by atoms with E-state index >= 15 is 0 Å². The molecule has 2 aromatic rings. The molecule has 0 aliphatic heterocycles. The van der Waals surface area contributed by atoms with E-state index in [9.17, 15) is 9.90 Å². The van der Waals surface area contributed by atoms with Gasteiger partial charge in [0.2, 0.25) is 0 Å². The molecule has 1 N–H and O–H groups in total. The first-order valence-electron chi connectivity index (χ1n) is 6.21. The summed E-state index contributed by atoms with van der Waals surface area (Å²) in [5, 5.41) is 9.75. The van der Waals surface area contributed by atoms with Crippen LogP contribution in [-0.2, 0) is 6.42 Å². The van der Waals surface area contributed by atoms with Gasteiger partial charge in [-0.2, -0.15) is 0 Å². The van der Waals surface area contributed by atoms with Gasteiger partial charge in [0.15, 0.2) is 0 Å². The molecule has 20 heavy (non-hydrogen) atoms. The minimum absolute atomic E-state index is 0.254. The number of carboxylic acid groups (broad SMARTS) is 1. The number of rotatable bonds is 4. The maximum absolute atomic E-state index is 11.2. The van der Waals surface area contributed by atoms with Gasteiger partial charge in [0.05, 0.1) is 22.0 Å². The van der Waals surface area contributed by atoms with Crippen LogP contribution in [0.25, 0.3) is 11.3 Å². The van der Waals surface area contributed by atoms with Crippen LogP contribution in [0.2, 0.25) is 5.02 Å². The van der Waals surface area contributed by atoms with E-state index < -0.39 is 5.97 Å². The molecule has 5 heteroatoms. The first kappa shape index (κ1) is 15.0. The smallest absolute Gasteiger partial charge is 0.337 e. The average molecular weight is 355 g/mol. The SMILES string of the molecule is CCCc1nc(-c2ccc(Br)cc2Cl)ccc1C(=O)O. The predicted octanol–water partition coefficient (Wildman–Crippen LogP) is 4.82. The Kier molecular flexibility index (Phi) is 4.78. The number of hydrogen-bond acceptors (Lipinski definition) is 2. The summed E-state index contributed by atoms with van der Waals surface area (Å²) >= 11 is 9.57. The van der Waals surface area contributed by atoms with E-state index in [1.165, 1.54) is 0 Å². The summed E-state index contributed by atoms with van der Waals surface area (Å²) < 4.78 is 0.891. The molecule has 0 spiro atoms. The number of carbonyl (C=O) groups is 1. The van der Waals surface area contributed by atoms with Crippen molar-refractivity contribution in [3.63, 3.8) is 0 Å². The van der Waals surface area contributed by atoms with Crippen LogP contribution in [0.5, 0.6) is 0 Å². The molecular formula is C15H13BrClNO2. The van der Waals surface area contributed by atoms with Gasteiger partial charge in [-0.3, -0.25) is 4.98 Å². The molecular weight excluding hydrogens is 342 g/mol. The van der Waals surface area contributed by atoms with Crippen molar-refractivity contribution in [1.82, 2.24) is 4.98 Å². The first-order valence-corrected chi connectivity index (χ1v) is 7.38. The van der Waals surface area contributed by atoms with Crippen LogP contribution in [0.15, 0.2) is 34.8 Å². The summed E-state index contributed by atoms with van der Waals surface area (Å²) in [6, 6.07) is 8.83. The van der Waals surface area contributed by atoms with Crippen molar-refractivity contribution in [3.05, 3.63) is 51.1 Å². The third-order valence-electron chi connectivity index (χ3n) is 2.90. The first-order chi connectivity index (χ1) is 9.52. The Morgan fingerprint density at radius 1 is 1.35 bits per heavy atom. The molecule has 104 valence electrons. The van der Waals surface area contributed by atoms with Crippen molar-refractivity contribution in [2.24, 2.45) is 0 Å². The Labute approximate surface area is 130 Å². The lowest BCUT2D eigenvalue weighted by atomic mass is 10.1. The summed E-state index contributed by atoms with van der Waals surface area (Å²) in [5.41, 5.74) is 2.33. The maximum atomic E-state index is 11.2. The number of nitrogens with zero attached hydrogens (tertiary/aromatic N) is 1. The van der Waals surface area contributed by atoms with E-state index in [-0.39, 0.29) is 5.56 Å². The fraction of sp³-hybridized carbons (Fsp3) is 0.200. The van der Waals surface area contributed by atoms with Crippen molar-refractivity contribution in [2.45, 2.75) is 19.8 Å². The molecule has 0 atom stereocenters. The van der Waals surface area contributed by atoms with E-state index in [2.05, 4.69) is 20.9 Å². The van der Waals surface area contributed by atoms with Gasteiger partial charge in [0, 0.05) is 10.0 Å². The van der Waals surface area contributed by atoms with Crippen LogP contribution in [0.1, 0.15) is 29.4 Å². The molecule has 0 unspecified atom stereocenters. The van der Waals surface area contributed by atoms with Crippen molar-refractivity contribution in [1.29, 1.82) is 0 Å². The number of halogens is 2. The molecule has 0 radical (unpaired) electrons. The third-order valence-corrected chi connectivity index (χ3v) is 3.70. The Morgan fingerprint density at radius 2 is 2.10 bits per heavy atom. The van der Waals surface area contributed by atoms with E-state index in [0.29, 0.717) is 22.8 Å². The molecule has 1 heterocycles. The number of aromatic nitrogens is 1. The molecule has 0 bridgehead atoms. The van der Waals surface area contributed by atoms with Crippen LogP contribution >= 0.6 is 27.5 Å².